The van der Waals surface area contributed by atoms with E-state index in [0.29, 0.717) is 6.61 Å². The smallest absolute Gasteiger partial charge is 0.191 e. The van der Waals surface area contributed by atoms with E-state index >= 15 is 0 Å². The largest absolute Gasteiger partial charge is 0.371 e. The van der Waals surface area contributed by atoms with Crippen LogP contribution >= 0.6 is 11.8 Å². The predicted octanol–water partition coefficient (Wildman–Crippen LogP) is 3.03. The van der Waals surface area contributed by atoms with Crippen molar-refractivity contribution in [3.05, 3.63) is 35.4 Å². The summed E-state index contributed by atoms with van der Waals surface area (Å²) in [5.74, 6) is 1.91. The fourth-order valence-electron chi connectivity index (χ4n) is 1.81. The van der Waals surface area contributed by atoms with Gasteiger partial charge in [0.25, 0.3) is 0 Å². The summed E-state index contributed by atoms with van der Waals surface area (Å²) in [6, 6.07) is 8.46. The van der Waals surface area contributed by atoms with Gasteiger partial charge < -0.3 is 15.4 Å². The zero-order valence-corrected chi connectivity index (χ0v) is 15.2. The standard InChI is InChI=1S/C17H29N3OS/c1-17(2,3)21-13-15-8-6-7-14(11-15)12-20-16(18-4)19-9-10-22-5/h6-8,11H,9-10,12-13H2,1-5H3,(H2,18,19,20). The molecule has 0 aliphatic rings. The van der Waals surface area contributed by atoms with Crippen LogP contribution in [-0.4, -0.2) is 37.2 Å². The van der Waals surface area contributed by atoms with Crippen LogP contribution in [0.25, 0.3) is 0 Å². The van der Waals surface area contributed by atoms with Crippen molar-refractivity contribution in [1.29, 1.82) is 0 Å². The molecular weight excluding hydrogens is 294 g/mol. The summed E-state index contributed by atoms with van der Waals surface area (Å²) < 4.78 is 5.82. The average Bonchev–Trinajstić information content (AvgIpc) is 2.48. The summed E-state index contributed by atoms with van der Waals surface area (Å²) >= 11 is 1.82. The van der Waals surface area contributed by atoms with Gasteiger partial charge in [0.2, 0.25) is 0 Å². The molecule has 0 aromatic heterocycles. The second kappa shape index (κ2) is 9.74. The van der Waals surface area contributed by atoms with E-state index in [9.17, 15) is 0 Å². The quantitative estimate of drug-likeness (QED) is 0.460. The van der Waals surface area contributed by atoms with Crippen LogP contribution in [0.1, 0.15) is 31.9 Å². The maximum atomic E-state index is 5.82. The second-order valence-electron chi connectivity index (χ2n) is 6.07. The van der Waals surface area contributed by atoms with E-state index in [2.05, 4.69) is 66.9 Å². The Morgan fingerprint density at radius 2 is 1.95 bits per heavy atom. The number of aliphatic imine (C=N–C) groups is 1. The van der Waals surface area contributed by atoms with Crippen LogP contribution in [0.15, 0.2) is 29.3 Å². The number of rotatable bonds is 7. The summed E-state index contributed by atoms with van der Waals surface area (Å²) in [5, 5.41) is 6.63. The summed E-state index contributed by atoms with van der Waals surface area (Å²) in [5.41, 5.74) is 2.31. The molecule has 4 nitrogen and oxygen atoms in total. The number of nitrogens with zero attached hydrogens (tertiary/aromatic N) is 1. The number of hydrogen-bond donors (Lipinski definition) is 2. The van der Waals surface area contributed by atoms with Gasteiger partial charge in [0.15, 0.2) is 5.96 Å². The van der Waals surface area contributed by atoms with Gasteiger partial charge in [-0.3, -0.25) is 4.99 Å². The third-order valence-electron chi connectivity index (χ3n) is 2.95. The van der Waals surface area contributed by atoms with Crippen molar-refractivity contribution in [2.24, 2.45) is 4.99 Å². The topological polar surface area (TPSA) is 45.7 Å². The first kappa shape index (κ1) is 18.8. The third-order valence-corrected chi connectivity index (χ3v) is 3.56. The average molecular weight is 324 g/mol. The maximum absolute atomic E-state index is 5.82. The Balaban J connectivity index is 2.48. The summed E-state index contributed by atoms with van der Waals surface area (Å²) in [6.07, 6.45) is 2.10. The molecule has 0 heterocycles. The number of benzene rings is 1. The normalized spacial score (nSPS) is 12.3. The molecule has 0 atom stereocenters. The highest BCUT2D eigenvalue weighted by atomic mass is 32.2. The van der Waals surface area contributed by atoms with Crippen molar-refractivity contribution in [3.63, 3.8) is 0 Å². The molecule has 0 saturated carbocycles. The fourth-order valence-corrected chi connectivity index (χ4v) is 2.11. The minimum Gasteiger partial charge on any atom is -0.371 e. The summed E-state index contributed by atoms with van der Waals surface area (Å²) in [4.78, 5) is 4.23. The van der Waals surface area contributed by atoms with Crippen molar-refractivity contribution in [2.45, 2.75) is 39.5 Å². The van der Waals surface area contributed by atoms with Crippen molar-refractivity contribution in [3.8, 4) is 0 Å². The molecule has 0 bridgehead atoms. The second-order valence-corrected chi connectivity index (χ2v) is 7.05. The van der Waals surface area contributed by atoms with Crippen LogP contribution in [-0.2, 0) is 17.9 Å². The highest BCUT2D eigenvalue weighted by Crippen LogP contribution is 2.13. The van der Waals surface area contributed by atoms with E-state index in [-0.39, 0.29) is 5.60 Å². The van der Waals surface area contributed by atoms with Crippen LogP contribution < -0.4 is 10.6 Å². The van der Waals surface area contributed by atoms with E-state index < -0.39 is 0 Å². The number of guanidine groups is 1. The van der Waals surface area contributed by atoms with Crippen molar-refractivity contribution < 1.29 is 4.74 Å². The molecule has 0 saturated heterocycles. The first-order valence-electron chi connectivity index (χ1n) is 7.60. The van der Waals surface area contributed by atoms with Gasteiger partial charge in [0.1, 0.15) is 0 Å². The van der Waals surface area contributed by atoms with Crippen LogP contribution in [0.2, 0.25) is 0 Å². The SMILES string of the molecule is CN=C(NCCSC)NCc1cccc(COC(C)(C)C)c1. The molecule has 0 unspecified atom stereocenters. The lowest BCUT2D eigenvalue weighted by molar-refractivity contribution is -0.0149. The number of hydrogen-bond acceptors (Lipinski definition) is 3. The molecule has 0 radical (unpaired) electrons. The maximum Gasteiger partial charge on any atom is 0.191 e. The monoisotopic (exact) mass is 323 g/mol. The number of ether oxygens (including phenoxy) is 1. The van der Waals surface area contributed by atoms with Gasteiger partial charge in [0, 0.05) is 25.9 Å². The Morgan fingerprint density at radius 1 is 1.23 bits per heavy atom. The fraction of sp³-hybridized carbons (Fsp3) is 0.588. The lowest BCUT2D eigenvalue weighted by Gasteiger charge is -2.19. The summed E-state index contributed by atoms with van der Waals surface area (Å²) in [6.45, 7) is 8.52. The van der Waals surface area contributed by atoms with Crippen LogP contribution in [0.3, 0.4) is 0 Å². The van der Waals surface area contributed by atoms with E-state index in [1.54, 1.807) is 7.05 Å². The zero-order chi connectivity index (χ0) is 16.4. The minimum atomic E-state index is -0.114. The van der Waals surface area contributed by atoms with Gasteiger partial charge in [-0.05, 0) is 38.2 Å². The van der Waals surface area contributed by atoms with Gasteiger partial charge in [-0.2, -0.15) is 11.8 Å². The lowest BCUT2D eigenvalue weighted by Crippen LogP contribution is -2.37. The lowest BCUT2D eigenvalue weighted by atomic mass is 10.1. The van der Waals surface area contributed by atoms with Crippen molar-refractivity contribution in [1.82, 2.24) is 10.6 Å². The molecule has 1 rings (SSSR count). The first-order chi connectivity index (χ1) is 10.4. The van der Waals surface area contributed by atoms with Crippen molar-refractivity contribution >= 4 is 17.7 Å². The molecule has 0 aliphatic heterocycles. The van der Waals surface area contributed by atoms with Crippen molar-refractivity contribution in [2.75, 3.05) is 25.6 Å². The molecule has 0 spiro atoms. The zero-order valence-electron chi connectivity index (χ0n) is 14.4. The Labute approximate surface area is 139 Å². The van der Waals surface area contributed by atoms with Gasteiger partial charge in [0.05, 0.1) is 12.2 Å². The minimum absolute atomic E-state index is 0.114. The molecule has 124 valence electrons. The molecule has 0 amide bonds. The summed E-state index contributed by atoms with van der Waals surface area (Å²) in [7, 11) is 1.79. The Bertz CT molecular complexity index is 469. The Hall–Kier alpha value is -1.20. The van der Waals surface area contributed by atoms with Crippen LogP contribution in [0, 0.1) is 0 Å². The number of nitrogens with one attached hydrogen (secondary N) is 2. The molecule has 0 aliphatic carbocycles. The van der Waals surface area contributed by atoms with Gasteiger partial charge in [-0.25, -0.2) is 0 Å². The predicted molar refractivity (Wildman–Crippen MR) is 97.6 cm³/mol. The Morgan fingerprint density at radius 3 is 2.59 bits per heavy atom. The van der Waals surface area contributed by atoms with E-state index in [4.69, 9.17) is 4.74 Å². The molecule has 0 fully saturated rings. The highest BCUT2D eigenvalue weighted by molar-refractivity contribution is 7.98. The highest BCUT2D eigenvalue weighted by Gasteiger charge is 2.10. The molecule has 1 aromatic rings. The van der Waals surface area contributed by atoms with Gasteiger partial charge in [-0.15, -0.1) is 0 Å². The molecular formula is C17H29N3OS. The third kappa shape index (κ3) is 8.29. The molecule has 1 aromatic carbocycles. The number of thioether (sulfide) groups is 1. The van der Waals surface area contributed by atoms with Crippen LogP contribution in [0.5, 0.6) is 0 Å². The first-order valence-corrected chi connectivity index (χ1v) is 8.99. The molecule has 2 N–H and O–H groups in total. The molecule has 5 heteroatoms. The van der Waals surface area contributed by atoms with E-state index in [1.165, 1.54) is 11.1 Å². The molecule has 22 heavy (non-hydrogen) atoms. The van der Waals surface area contributed by atoms with E-state index in [0.717, 1.165) is 24.8 Å². The Kier molecular flexibility index (Phi) is 8.35. The van der Waals surface area contributed by atoms with E-state index in [1.807, 2.05) is 11.8 Å². The van der Waals surface area contributed by atoms with Gasteiger partial charge >= 0.3 is 0 Å². The van der Waals surface area contributed by atoms with Crippen LogP contribution in [0.4, 0.5) is 0 Å². The van der Waals surface area contributed by atoms with Gasteiger partial charge in [-0.1, -0.05) is 24.3 Å².